The Balaban J connectivity index is 1.51. The van der Waals surface area contributed by atoms with Crippen LogP contribution in [0.5, 0.6) is 0 Å². The molecule has 0 aliphatic heterocycles. The number of halogens is 2. The van der Waals surface area contributed by atoms with Gasteiger partial charge in [0.15, 0.2) is 0 Å². The Morgan fingerprint density at radius 1 is 1.33 bits per heavy atom. The number of esters is 1. The van der Waals surface area contributed by atoms with Gasteiger partial charge in [0.25, 0.3) is 0 Å². The van der Waals surface area contributed by atoms with E-state index in [1.807, 2.05) is 0 Å². The third-order valence-corrected chi connectivity index (χ3v) is 3.98. The molecule has 3 aromatic rings. The fraction of sp³-hybridized carbons (Fsp3) is 0.214. The lowest BCUT2D eigenvalue weighted by atomic mass is 10.2. The number of nitrogens with zero attached hydrogens (tertiary/aromatic N) is 4. The number of rotatable bonds is 6. The summed E-state index contributed by atoms with van der Waals surface area (Å²) in [5, 5.41) is 7.54. The van der Waals surface area contributed by atoms with Crippen molar-refractivity contribution in [3.8, 4) is 11.4 Å². The van der Waals surface area contributed by atoms with Crippen molar-refractivity contribution in [2.75, 3.05) is 0 Å². The maximum atomic E-state index is 12.9. The zero-order valence-corrected chi connectivity index (χ0v) is 13.7. The lowest BCUT2D eigenvalue weighted by Gasteiger charge is -2.01. The van der Waals surface area contributed by atoms with E-state index in [0.717, 1.165) is 11.5 Å². The summed E-state index contributed by atoms with van der Waals surface area (Å²) >= 11 is 6.84. The normalized spacial score (nSPS) is 10.8. The highest BCUT2D eigenvalue weighted by Crippen LogP contribution is 2.19. The third-order valence-electron chi connectivity index (χ3n) is 2.99. The number of aromatic nitrogens is 4. The first-order valence-corrected chi connectivity index (χ1v) is 7.98. The standard InChI is InChI=1S/C14H10ClFN4O3S/c15-13-10(18-20-24-13)7-22-12(21)6-5-11-17-14(19-23-11)8-1-3-9(16)4-2-8/h1-4H,5-7H2. The molecule has 124 valence electrons. The molecule has 0 amide bonds. The average molecular weight is 369 g/mol. The highest BCUT2D eigenvalue weighted by molar-refractivity contribution is 7.10. The van der Waals surface area contributed by atoms with Gasteiger partial charge in [0.05, 0.1) is 6.42 Å². The van der Waals surface area contributed by atoms with E-state index in [0.29, 0.717) is 27.3 Å². The van der Waals surface area contributed by atoms with Gasteiger partial charge in [-0.15, -0.1) is 5.10 Å². The first-order valence-electron chi connectivity index (χ1n) is 6.82. The number of aryl methyl sites for hydroxylation is 1. The van der Waals surface area contributed by atoms with E-state index < -0.39 is 5.97 Å². The molecular formula is C14H10ClFN4O3S. The van der Waals surface area contributed by atoms with Crippen molar-refractivity contribution in [2.45, 2.75) is 19.4 Å². The molecule has 7 nitrogen and oxygen atoms in total. The van der Waals surface area contributed by atoms with Crippen molar-refractivity contribution in [3.05, 3.63) is 46.0 Å². The fourth-order valence-corrected chi connectivity index (χ4v) is 2.39. The van der Waals surface area contributed by atoms with Gasteiger partial charge in [0.2, 0.25) is 11.7 Å². The molecule has 2 heterocycles. The quantitative estimate of drug-likeness (QED) is 0.617. The summed E-state index contributed by atoms with van der Waals surface area (Å²) in [4.78, 5) is 15.9. The number of hydrogen-bond acceptors (Lipinski definition) is 8. The number of carbonyl (C=O) groups excluding carboxylic acids is 1. The summed E-state index contributed by atoms with van der Waals surface area (Å²) < 4.78 is 27.0. The van der Waals surface area contributed by atoms with Gasteiger partial charge < -0.3 is 9.26 Å². The Labute approximate surface area is 144 Å². The largest absolute Gasteiger partial charge is 0.459 e. The maximum absolute atomic E-state index is 12.9. The summed E-state index contributed by atoms with van der Waals surface area (Å²) in [7, 11) is 0. The van der Waals surface area contributed by atoms with Crippen LogP contribution in [-0.2, 0) is 22.6 Å². The molecule has 0 radical (unpaired) electrons. The SMILES string of the molecule is O=C(CCc1nc(-c2ccc(F)cc2)no1)OCc1nnsc1Cl. The summed E-state index contributed by atoms with van der Waals surface area (Å²) in [5.41, 5.74) is 1.05. The lowest BCUT2D eigenvalue weighted by Crippen LogP contribution is -2.06. The number of carbonyl (C=O) groups is 1. The van der Waals surface area contributed by atoms with Crippen LogP contribution in [0, 0.1) is 5.82 Å². The molecule has 0 bridgehead atoms. The summed E-state index contributed by atoms with van der Waals surface area (Å²) in [6.45, 7) is -0.0289. The minimum Gasteiger partial charge on any atom is -0.459 e. The van der Waals surface area contributed by atoms with E-state index in [1.54, 1.807) is 12.1 Å². The molecule has 3 rings (SSSR count). The van der Waals surface area contributed by atoms with Gasteiger partial charge in [0, 0.05) is 23.5 Å². The Morgan fingerprint density at radius 3 is 2.83 bits per heavy atom. The van der Waals surface area contributed by atoms with Crippen molar-refractivity contribution in [3.63, 3.8) is 0 Å². The molecular weight excluding hydrogens is 359 g/mol. The molecule has 0 N–H and O–H groups in total. The Hall–Kier alpha value is -2.39. The molecule has 0 aliphatic carbocycles. The molecule has 0 fully saturated rings. The summed E-state index contributed by atoms with van der Waals surface area (Å²) in [6, 6.07) is 5.70. The number of benzene rings is 1. The van der Waals surface area contributed by atoms with Gasteiger partial charge >= 0.3 is 5.97 Å². The van der Waals surface area contributed by atoms with Crippen LogP contribution < -0.4 is 0 Å². The van der Waals surface area contributed by atoms with Crippen molar-refractivity contribution >= 4 is 29.1 Å². The topological polar surface area (TPSA) is 91.0 Å². The van der Waals surface area contributed by atoms with E-state index in [-0.39, 0.29) is 25.3 Å². The zero-order chi connectivity index (χ0) is 16.9. The Kier molecular flexibility index (Phi) is 5.11. The number of ether oxygens (including phenoxy) is 1. The first-order chi connectivity index (χ1) is 11.6. The summed E-state index contributed by atoms with van der Waals surface area (Å²) in [5.74, 6) is -0.167. The second kappa shape index (κ2) is 7.45. The van der Waals surface area contributed by atoms with Crippen LogP contribution in [-0.4, -0.2) is 25.7 Å². The van der Waals surface area contributed by atoms with Gasteiger partial charge in [-0.25, -0.2) is 4.39 Å². The Morgan fingerprint density at radius 2 is 2.12 bits per heavy atom. The smallest absolute Gasteiger partial charge is 0.306 e. The lowest BCUT2D eigenvalue weighted by molar-refractivity contribution is -0.145. The monoisotopic (exact) mass is 368 g/mol. The highest BCUT2D eigenvalue weighted by atomic mass is 35.5. The second-order valence-corrected chi connectivity index (χ2v) is 6.03. The van der Waals surface area contributed by atoms with Crippen LogP contribution >= 0.6 is 23.1 Å². The van der Waals surface area contributed by atoms with Gasteiger partial charge in [0.1, 0.15) is 22.5 Å². The molecule has 1 aromatic carbocycles. The first kappa shape index (κ1) is 16.5. The van der Waals surface area contributed by atoms with Crippen LogP contribution in [0.15, 0.2) is 28.8 Å². The molecule has 0 spiro atoms. The van der Waals surface area contributed by atoms with Gasteiger partial charge in [-0.2, -0.15) is 4.98 Å². The Bertz CT molecular complexity index is 837. The van der Waals surface area contributed by atoms with E-state index in [2.05, 4.69) is 19.7 Å². The van der Waals surface area contributed by atoms with Crippen LogP contribution in [0.25, 0.3) is 11.4 Å². The highest BCUT2D eigenvalue weighted by Gasteiger charge is 2.13. The third kappa shape index (κ3) is 4.12. The molecule has 2 aromatic heterocycles. The molecule has 0 aliphatic rings. The molecule has 24 heavy (non-hydrogen) atoms. The molecule has 0 atom stereocenters. The van der Waals surface area contributed by atoms with E-state index in [4.69, 9.17) is 20.9 Å². The van der Waals surface area contributed by atoms with Crippen molar-refractivity contribution in [2.24, 2.45) is 0 Å². The van der Waals surface area contributed by atoms with Crippen LogP contribution in [0.1, 0.15) is 18.0 Å². The second-order valence-electron chi connectivity index (χ2n) is 4.67. The van der Waals surface area contributed by atoms with Gasteiger partial charge in [-0.05, 0) is 24.3 Å². The molecule has 0 saturated heterocycles. The van der Waals surface area contributed by atoms with Crippen molar-refractivity contribution < 1.29 is 18.4 Å². The van der Waals surface area contributed by atoms with Crippen LogP contribution in [0.2, 0.25) is 4.34 Å². The number of hydrogen-bond donors (Lipinski definition) is 0. The van der Waals surface area contributed by atoms with Crippen LogP contribution in [0.3, 0.4) is 0 Å². The van der Waals surface area contributed by atoms with E-state index in [1.165, 1.54) is 12.1 Å². The van der Waals surface area contributed by atoms with E-state index in [9.17, 15) is 9.18 Å². The van der Waals surface area contributed by atoms with Crippen LogP contribution in [0.4, 0.5) is 4.39 Å². The van der Waals surface area contributed by atoms with Gasteiger partial charge in [-0.3, -0.25) is 4.79 Å². The molecule has 0 saturated carbocycles. The van der Waals surface area contributed by atoms with Crippen molar-refractivity contribution in [1.82, 2.24) is 19.7 Å². The average Bonchev–Trinajstić information content (AvgIpc) is 3.21. The minimum atomic E-state index is -0.444. The maximum Gasteiger partial charge on any atom is 0.306 e. The predicted octanol–water partition coefficient (Wildman–Crippen LogP) is 3.06. The van der Waals surface area contributed by atoms with Crippen molar-refractivity contribution in [1.29, 1.82) is 0 Å². The van der Waals surface area contributed by atoms with Gasteiger partial charge in [-0.1, -0.05) is 21.2 Å². The molecule has 10 heteroatoms. The predicted molar refractivity (Wildman–Crippen MR) is 82.7 cm³/mol. The fourth-order valence-electron chi connectivity index (χ4n) is 1.79. The van der Waals surface area contributed by atoms with E-state index >= 15 is 0 Å². The summed E-state index contributed by atoms with van der Waals surface area (Å²) in [6.07, 6.45) is 0.302. The molecule has 0 unspecified atom stereocenters. The zero-order valence-electron chi connectivity index (χ0n) is 12.1. The minimum absolute atomic E-state index is 0.0289.